The highest BCUT2D eigenvalue weighted by molar-refractivity contribution is 8.24. The third-order valence-electron chi connectivity index (χ3n) is 3.31. The minimum absolute atomic E-state index is 0.216. The van der Waals surface area contributed by atoms with Gasteiger partial charge in [0.1, 0.15) is 5.71 Å². The first kappa shape index (κ1) is 23.5. The highest BCUT2D eigenvalue weighted by atomic mass is 32.3. The number of amides is 1. The number of aliphatic hydroxyl groups is 1. The smallest absolute Gasteiger partial charge is 0.267 e. The summed E-state index contributed by atoms with van der Waals surface area (Å²) in [5, 5.41) is 15.6. The van der Waals surface area contributed by atoms with Gasteiger partial charge in [-0.05, 0) is 25.0 Å². The maximum atomic E-state index is 10.8. The van der Waals surface area contributed by atoms with Crippen LogP contribution in [0.3, 0.4) is 0 Å². The van der Waals surface area contributed by atoms with Crippen molar-refractivity contribution in [2.45, 2.75) is 37.5 Å². The van der Waals surface area contributed by atoms with E-state index in [0.717, 1.165) is 12.8 Å². The lowest BCUT2D eigenvalue weighted by Crippen LogP contribution is -2.23. The summed E-state index contributed by atoms with van der Waals surface area (Å²) in [4.78, 5) is 11.2. The Balaban J connectivity index is 0.000000823. The van der Waals surface area contributed by atoms with E-state index in [1.54, 1.807) is 7.11 Å². The second kappa shape index (κ2) is 12.8. The predicted molar refractivity (Wildman–Crippen MR) is 102 cm³/mol. The molecule has 0 aliphatic heterocycles. The Hall–Kier alpha value is -1.45. The molecule has 0 unspecified atom stereocenters. The maximum Gasteiger partial charge on any atom is 0.267 e. The number of nitrogens with two attached hydrogens (primary N) is 1. The van der Waals surface area contributed by atoms with Crippen LogP contribution in [0.25, 0.3) is 0 Å². The van der Waals surface area contributed by atoms with Crippen molar-refractivity contribution in [2.75, 3.05) is 26.1 Å². The number of methoxy groups -OCH3 is 1. The quantitative estimate of drug-likeness (QED) is 0.317. The number of ether oxygens (including phenoxy) is 1. The summed E-state index contributed by atoms with van der Waals surface area (Å²) >= 11 is 0. The van der Waals surface area contributed by atoms with Crippen molar-refractivity contribution in [1.29, 1.82) is 5.41 Å². The van der Waals surface area contributed by atoms with Crippen LogP contribution >= 0.6 is 10.6 Å². The molecule has 0 bridgehead atoms. The van der Waals surface area contributed by atoms with E-state index in [1.165, 1.54) is 30.7 Å². The lowest BCUT2D eigenvalue weighted by molar-refractivity contribution is -0.112. The molecule has 1 aromatic carbocycles. The van der Waals surface area contributed by atoms with E-state index < -0.39 is 16.5 Å². The molecular formula is C17H30N2O5S. The van der Waals surface area contributed by atoms with Crippen LogP contribution in [0.1, 0.15) is 38.2 Å². The summed E-state index contributed by atoms with van der Waals surface area (Å²) in [6.07, 6.45) is 3.87. The SMILES string of the molecule is CCCCCO.COCCCS(O)(O)c1ccc(C(=N)C(N)=O)cc1. The van der Waals surface area contributed by atoms with Crippen LogP contribution in [-0.2, 0) is 9.53 Å². The number of unbranched alkanes of at least 4 members (excludes halogenated alkanes) is 2. The van der Waals surface area contributed by atoms with E-state index in [2.05, 4.69) is 6.92 Å². The van der Waals surface area contributed by atoms with Crippen LogP contribution in [0, 0.1) is 5.41 Å². The molecule has 1 rings (SSSR count). The molecule has 7 nitrogen and oxygen atoms in total. The van der Waals surface area contributed by atoms with E-state index in [0.29, 0.717) is 30.1 Å². The molecule has 0 atom stereocenters. The van der Waals surface area contributed by atoms with Crippen LogP contribution in [0.15, 0.2) is 29.2 Å². The number of hydrogen-bond acceptors (Lipinski definition) is 6. The number of benzene rings is 1. The number of aliphatic hydroxyl groups excluding tert-OH is 1. The van der Waals surface area contributed by atoms with Crippen molar-refractivity contribution in [2.24, 2.45) is 5.73 Å². The van der Waals surface area contributed by atoms with Gasteiger partial charge in [0.2, 0.25) is 0 Å². The number of carbonyl (C=O) groups is 1. The molecule has 0 radical (unpaired) electrons. The second-order valence-electron chi connectivity index (χ2n) is 5.41. The fraction of sp³-hybridized carbons (Fsp3) is 0.529. The van der Waals surface area contributed by atoms with Gasteiger partial charge in [-0.1, -0.05) is 31.9 Å². The first-order valence-corrected chi connectivity index (χ1v) is 9.86. The number of nitrogens with one attached hydrogen (secondary N) is 1. The molecule has 6 N–H and O–H groups in total. The van der Waals surface area contributed by atoms with Crippen LogP contribution < -0.4 is 5.73 Å². The van der Waals surface area contributed by atoms with Gasteiger partial charge in [-0.2, -0.15) is 10.6 Å². The molecule has 144 valence electrons. The molecular weight excluding hydrogens is 344 g/mol. The van der Waals surface area contributed by atoms with Gasteiger partial charge in [-0.3, -0.25) is 19.3 Å². The van der Waals surface area contributed by atoms with Gasteiger partial charge >= 0.3 is 0 Å². The molecule has 0 aliphatic rings. The van der Waals surface area contributed by atoms with E-state index >= 15 is 0 Å². The first-order valence-electron chi connectivity index (χ1n) is 8.14. The molecule has 8 heteroatoms. The van der Waals surface area contributed by atoms with Crippen molar-refractivity contribution in [3.63, 3.8) is 0 Å². The molecule has 0 spiro atoms. The van der Waals surface area contributed by atoms with Gasteiger partial charge in [-0.15, -0.1) is 0 Å². The van der Waals surface area contributed by atoms with Gasteiger partial charge in [-0.25, -0.2) is 0 Å². The summed E-state index contributed by atoms with van der Waals surface area (Å²) < 4.78 is 24.8. The molecule has 0 aliphatic carbocycles. The van der Waals surface area contributed by atoms with E-state index in [-0.39, 0.29) is 11.5 Å². The summed E-state index contributed by atoms with van der Waals surface area (Å²) in [5.41, 5.74) is 5.05. The standard InChI is InChI=1S/C12H18N2O4S.C5H12O/c1-18-7-2-8-19(16,17)10-5-3-9(4-6-10)11(13)12(14)15;1-2-3-4-5-6/h3-6,13,16-17H,2,7-8H2,1H3,(H2,14,15);6H,2-5H2,1H3. The zero-order chi connectivity index (χ0) is 19.3. The summed E-state index contributed by atoms with van der Waals surface area (Å²) in [6, 6.07) is 5.95. The van der Waals surface area contributed by atoms with Crippen molar-refractivity contribution in [3.05, 3.63) is 29.8 Å². The minimum atomic E-state index is -2.86. The van der Waals surface area contributed by atoms with Gasteiger partial charge in [0.25, 0.3) is 5.91 Å². The van der Waals surface area contributed by atoms with Gasteiger partial charge < -0.3 is 15.6 Å². The van der Waals surface area contributed by atoms with E-state index in [1.807, 2.05) is 0 Å². The average molecular weight is 375 g/mol. The lowest BCUT2D eigenvalue weighted by atomic mass is 10.1. The Labute approximate surface area is 151 Å². The predicted octanol–water partition coefficient (Wildman–Crippen LogP) is 2.85. The summed E-state index contributed by atoms with van der Waals surface area (Å²) in [7, 11) is -1.31. The largest absolute Gasteiger partial charge is 0.396 e. The molecule has 1 aromatic rings. The number of hydrogen-bond donors (Lipinski definition) is 5. The Kier molecular flexibility index (Phi) is 12.1. The Bertz CT molecular complexity index is 516. The van der Waals surface area contributed by atoms with Crippen molar-refractivity contribution in [1.82, 2.24) is 0 Å². The van der Waals surface area contributed by atoms with E-state index in [4.69, 9.17) is 21.0 Å². The first-order chi connectivity index (χ1) is 11.8. The fourth-order valence-corrected chi connectivity index (χ4v) is 3.19. The number of primary amides is 1. The van der Waals surface area contributed by atoms with Gasteiger partial charge in [0, 0.05) is 31.6 Å². The number of carbonyl (C=O) groups excluding carboxylic acids is 1. The molecule has 0 saturated carbocycles. The zero-order valence-electron chi connectivity index (χ0n) is 14.9. The third kappa shape index (κ3) is 9.57. The van der Waals surface area contributed by atoms with Crippen LogP contribution in [0.5, 0.6) is 0 Å². The molecule has 25 heavy (non-hydrogen) atoms. The Morgan fingerprint density at radius 1 is 1.20 bits per heavy atom. The lowest BCUT2D eigenvalue weighted by Gasteiger charge is -2.32. The topological polar surface area (TPSA) is 137 Å². The minimum Gasteiger partial charge on any atom is -0.396 e. The van der Waals surface area contributed by atoms with Gasteiger partial charge in [0.15, 0.2) is 0 Å². The van der Waals surface area contributed by atoms with Crippen LogP contribution in [0.4, 0.5) is 0 Å². The maximum absolute atomic E-state index is 10.8. The van der Waals surface area contributed by atoms with Crippen molar-refractivity contribution < 1.29 is 23.7 Å². The molecule has 1 amide bonds. The molecule has 0 heterocycles. The monoisotopic (exact) mass is 374 g/mol. The summed E-state index contributed by atoms with van der Waals surface area (Å²) in [6.45, 7) is 2.93. The van der Waals surface area contributed by atoms with Crippen LogP contribution in [-0.4, -0.2) is 51.9 Å². The highest BCUT2D eigenvalue weighted by Gasteiger charge is 2.16. The highest BCUT2D eigenvalue weighted by Crippen LogP contribution is 2.48. The fourth-order valence-electron chi connectivity index (χ4n) is 1.87. The molecule has 0 saturated heterocycles. The normalized spacial score (nSPS) is 11.4. The van der Waals surface area contributed by atoms with Crippen molar-refractivity contribution >= 4 is 22.2 Å². The van der Waals surface area contributed by atoms with E-state index in [9.17, 15) is 13.9 Å². The Morgan fingerprint density at radius 2 is 1.80 bits per heavy atom. The van der Waals surface area contributed by atoms with Gasteiger partial charge in [0.05, 0.1) is 4.90 Å². The molecule has 0 aromatic heterocycles. The Morgan fingerprint density at radius 3 is 2.20 bits per heavy atom. The van der Waals surface area contributed by atoms with Crippen molar-refractivity contribution in [3.8, 4) is 0 Å². The average Bonchev–Trinajstić information content (AvgIpc) is 2.60. The third-order valence-corrected chi connectivity index (χ3v) is 5.19. The van der Waals surface area contributed by atoms with Crippen LogP contribution in [0.2, 0.25) is 0 Å². The summed E-state index contributed by atoms with van der Waals surface area (Å²) in [5.74, 6) is -0.604. The molecule has 0 fully saturated rings. The second-order valence-corrected chi connectivity index (χ2v) is 7.62. The number of rotatable bonds is 10. The zero-order valence-corrected chi connectivity index (χ0v) is 15.7.